The highest BCUT2D eigenvalue weighted by molar-refractivity contribution is 6.40. The average molecular weight is 401 g/mol. The normalized spacial score (nSPS) is 15.0. The molecule has 8 nitrogen and oxygen atoms in total. The van der Waals surface area contributed by atoms with Gasteiger partial charge in [-0.25, -0.2) is 14.6 Å². The Morgan fingerprint density at radius 1 is 1.14 bits per heavy atom. The molecule has 1 aliphatic rings. The van der Waals surface area contributed by atoms with Crippen LogP contribution in [0.5, 0.6) is 5.75 Å². The Kier molecular flexibility index (Phi) is 5.40. The highest BCUT2D eigenvalue weighted by atomic mass is 35.5. The maximum Gasteiger partial charge on any atom is 0.278 e. The van der Waals surface area contributed by atoms with Crippen LogP contribution in [0.2, 0.25) is 0 Å². The molecule has 146 valence electrons. The van der Waals surface area contributed by atoms with Crippen molar-refractivity contribution in [3.05, 3.63) is 42.4 Å². The SMILES string of the molecule is O=C(c1ccccc1O)N(Cl)c1ncnc2c1cnn2CCN1CCCCC1. The Morgan fingerprint density at radius 2 is 1.93 bits per heavy atom. The van der Waals surface area contributed by atoms with Crippen LogP contribution in [0.4, 0.5) is 5.82 Å². The number of amides is 1. The zero-order valence-electron chi connectivity index (χ0n) is 15.3. The van der Waals surface area contributed by atoms with E-state index in [1.165, 1.54) is 37.7 Å². The number of rotatable bonds is 5. The summed E-state index contributed by atoms with van der Waals surface area (Å²) in [5, 5.41) is 14.9. The molecule has 0 aliphatic carbocycles. The number of phenolic OH excluding ortho intramolecular Hbond substituents is 1. The van der Waals surface area contributed by atoms with Gasteiger partial charge in [0.25, 0.3) is 5.91 Å². The van der Waals surface area contributed by atoms with E-state index >= 15 is 0 Å². The predicted molar refractivity (Wildman–Crippen MR) is 106 cm³/mol. The summed E-state index contributed by atoms with van der Waals surface area (Å²) < 4.78 is 2.71. The summed E-state index contributed by atoms with van der Waals surface area (Å²) in [7, 11) is 0. The number of fused-ring (bicyclic) bond motifs is 1. The van der Waals surface area contributed by atoms with Crippen LogP contribution < -0.4 is 4.42 Å². The average Bonchev–Trinajstić information content (AvgIpc) is 3.15. The van der Waals surface area contributed by atoms with E-state index in [1.54, 1.807) is 18.3 Å². The van der Waals surface area contributed by atoms with Crippen LogP contribution in [-0.2, 0) is 6.54 Å². The minimum absolute atomic E-state index is 0.0988. The molecule has 1 amide bonds. The summed E-state index contributed by atoms with van der Waals surface area (Å²) in [6.07, 6.45) is 6.76. The quantitative estimate of drug-likeness (QED) is 0.662. The van der Waals surface area contributed by atoms with Crippen molar-refractivity contribution in [2.75, 3.05) is 24.1 Å². The first-order valence-corrected chi connectivity index (χ1v) is 9.66. The lowest BCUT2D eigenvalue weighted by atomic mass is 10.1. The maximum atomic E-state index is 12.7. The van der Waals surface area contributed by atoms with Gasteiger partial charge in [-0.1, -0.05) is 18.6 Å². The van der Waals surface area contributed by atoms with E-state index in [1.807, 2.05) is 4.68 Å². The van der Waals surface area contributed by atoms with Crippen LogP contribution in [0.1, 0.15) is 29.6 Å². The topological polar surface area (TPSA) is 87.4 Å². The first kappa shape index (κ1) is 18.6. The third-order valence-electron chi connectivity index (χ3n) is 4.99. The highest BCUT2D eigenvalue weighted by Gasteiger charge is 2.23. The van der Waals surface area contributed by atoms with Gasteiger partial charge >= 0.3 is 0 Å². The lowest BCUT2D eigenvalue weighted by Crippen LogP contribution is -2.32. The first-order chi connectivity index (χ1) is 13.6. The van der Waals surface area contributed by atoms with Crippen molar-refractivity contribution < 1.29 is 9.90 Å². The summed E-state index contributed by atoms with van der Waals surface area (Å²) in [4.78, 5) is 23.6. The summed E-state index contributed by atoms with van der Waals surface area (Å²) in [6.45, 7) is 3.83. The third-order valence-corrected chi connectivity index (χ3v) is 5.30. The molecule has 28 heavy (non-hydrogen) atoms. The Bertz CT molecular complexity index is 985. The second kappa shape index (κ2) is 8.12. The molecule has 0 saturated carbocycles. The van der Waals surface area contributed by atoms with E-state index < -0.39 is 5.91 Å². The van der Waals surface area contributed by atoms with Gasteiger partial charge in [-0.05, 0) is 38.1 Å². The number of benzene rings is 1. The molecule has 1 aromatic carbocycles. The zero-order valence-corrected chi connectivity index (χ0v) is 16.1. The number of carbonyl (C=O) groups is 1. The van der Waals surface area contributed by atoms with E-state index in [2.05, 4.69) is 20.0 Å². The fourth-order valence-corrected chi connectivity index (χ4v) is 3.70. The second-order valence-electron chi connectivity index (χ2n) is 6.81. The molecule has 0 unspecified atom stereocenters. The van der Waals surface area contributed by atoms with Gasteiger partial charge in [0, 0.05) is 18.3 Å². The number of carbonyl (C=O) groups excluding carboxylic acids is 1. The smallest absolute Gasteiger partial charge is 0.278 e. The molecule has 9 heteroatoms. The van der Waals surface area contributed by atoms with E-state index in [-0.39, 0.29) is 17.1 Å². The molecular formula is C19H21ClN6O2. The summed E-state index contributed by atoms with van der Waals surface area (Å²) in [6, 6.07) is 6.24. The number of likely N-dealkylation sites (tertiary alicyclic amines) is 1. The Morgan fingerprint density at radius 3 is 2.71 bits per heavy atom. The number of aromatic hydroxyl groups is 1. The van der Waals surface area contributed by atoms with Gasteiger partial charge in [0.05, 0.1) is 23.7 Å². The number of hydrogen-bond acceptors (Lipinski definition) is 6. The van der Waals surface area contributed by atoms with Gasteiger partial charge in [0.1, 0.15) is 12.1 Å². The number of para-hydroxylation sites is 1. The molecule has 1 saturated heterocycles. The van der Waals surface area contributed by atoms with Crippen molar-refractivity contribution in [1.82, 2.24) is 24.6 Å². The first-order valence-electron chi connectivity index (χ1n) is 9.32. The molecule has 0 atom stereocenters. The Labute approximate surface area is 167 Å². The molecule has 1 fully saturated rings. The summed E-state index contributed by atoms with van der Waals surface area (Å²) >= 11 is 6.29. The minimum atomic E-state index is -0.569. The fourth-order valence-electron chi connectivity index (χ4n) is 3.48. The molecular weight excluding hydrogens is 380 g/mol. The maximum absolute atomic E-state index is 12.7. The molecule has 0 bridgehead atoms. The molecule has 3 aromatic rings. The molecule has 2 aromatic heterocycles. The van der Waals surface area contributed by atoms with Crippen LogP contribution >= 0.6 is 11.8 Å². The Hall–Kier alpha value is -2.71. The standard InChI is InChI=1S/C19H21ClN6O2/c20-26(19(28)14-6-2-3-7-16(14)27)18-15-12-23-25(17(15)21-13-22-18)11-10-24-8-4-1-5-9-24/h2-3,6-7,12-13,27H,1,4-5,8-11H2. The lowest BCUT2D eigenvalue weighted by molar-refractivity contribution is 0.100. The fraction of sp³-hybridized carbons (Fsp3) is 0.368. The number of nitrogens with zero attached hydrogens (tertiary/aromatic N) is 6. The zero-order chi connectivity index (χ0) is 19.5. The van der Waals surface area contributed by atoms with Gasteiger partial charge in [-0.2, -0.15) is 9.52 Å². The number of halogens is 1. The molecule has 4 rings (SSSR count). The second-order valence-corrected chi connectivity index (χ2v) is 7.15. The predicted octanol–water partition coefficient (Wildman–Crippen LogP) is 2.82. The minimum Gasteiger partial charge on any atom is -0.507 e. The monoisotopic (exact) mass is 400 g/mol. The number of hydrogen-bond donors (Lipinski definition) is 1. The van der Waals surface area contributed by atoms with E-state index in [4.69, 9.17) is 11.8 Å². The van der Waals surface area contributed by atoms with Crippen LogP contribution in [0.3, 0.4) is 0 Å². The van der Waals surface area contributed by atoms with Crippen molar-refractivity contribution >= 4 is 34.5 Å². The van der Waals surface area contributed by atoms with Crippen molar-refractivity contribution in [1.29, 1.82) is 0 Å². The van der Waals surface area contributed by atoms with Gasteiger partial charge in [0.2, 0.25) is 0 Å². The molecule has 1 aliphatic heterocycles. The Balaban J connectivity index is 1.57. The third kappa shape index (κ3) is 3.65. The van der Waals surface area contributed by atoms with Gasteiger partial charge in [-0.3, -0.25) is 4.79 Å². The molecule has 1 N–H and O–H groups in total. The van der Waals surface area contributed by atoms with E-state index in [9.17, 15) is 9.90 Å². The van der Waals surface area contributed by atoms with Gasteiger partial charge in [-0.15, -0.1) is 0 Å². The van der Waals surface area contributed by atoms with Crippen LogP contribution in [0.25, 0.3) is 11.0 Å². The summed E-state index contributed by atoms with van der Waals surface area (Å²) in [5.41, 5.74) is 0.722. The molecule has 0 spiro atoms. The van der Waals surface area contributed by atoms with E-state index in [0.717, 1.165) is 24.1 Å². The van der Waals surface area contributed by atoms with Gasteiger partial charge < -0.3 is 10.0 Å². The van der Waals surface area contributed by atoms with Crippen molar-refractivity contribution in [2.24, 2.45) is 0 Å². The number of piperidine rings is 1. The van der Waals surface area contributed by atoms with Crippen molar-refractivity contribution in [3.8, 4) is 5.75 Å². The number of phenols is 1. The number of anilines is 1. The lowest BCUT2D eigenvalue weighted by Gasteiger charge is -2.26. The highest BCUT2D eigenvalue weighted by Crippen LogP contribution is 2.27. The van der Waals surface area contributed by atoms with Crippen LogP contribution in [0, 0.1) is 0 Å². The largest absolute Gasteiger partial charge is 0.507 e. The molecule has 0 radical (unpaired) electrons. The van der Waals surface area contributed by atoms with Crippen LogP contribution in [-0.4, -0.2) is 55.3 Å². The summed E-state index contributed by atoms with van der Waals surface area (Å²) in [5.74, 6) is -0.467. The van der Waals surface area contributed by atoms with Crippen molar-refractivity contribution in [2.45, 2.75) is 25.8 Å². The van der Waals surface area contributed by atoms with Crippen molar-refractivity contribution in [3.63, 3.8) is 0 Å². The van der Waals surface area contributed by atoms with Crippen LogP contribution in [0.15, 0.2) is 36.8 Å². The molecule has 3 heterocycles. The number of aromatic nitrogens is 4. The van der Waals surface area contributed by atoms with Gasteiger partial charge in [0.15, 0.2) is 11.5 Å². The van der Waals surface area contributed by atoms with E-state index in [0.29, 0.717) is 17.6 Å².